The van der Waals surface area contributed by atoms with Gasteiger partial charge in [-0.25, -0.2) is 0 Å². The standard InChI is InChI=1S/C9H11N3/c10-4-7-1-2-8(5-11)9(3-7)6-12/h1-3H,4,6,10,12H2. The molecule has 0 spiro atoms. The minimum Gasteiger partial charge on any atom is -0.326 e. The SMILES string of the molecule is N#Cc1ccc(CN)cc1CN. The quantitative estimate of drug-likeness (QED) is 0.662. The Morgan fingerprint density at radius 1 is 1.25 bits per heavy atom. The van der Waals surface area contributed by atoms with E-state index >= 15 is 0 Å². The highest BCUT2D eigenvalue weighted by molar-refractivity contribution is 5.40. The molecule has 0 saturated carbocycles. The van der Waals surface area contributed by atoms with Crippen LogP contribution >= 0.6 is 0 Å². The molecule has 3 nitrogen and oxygen atoms in total. The Labute approximate surface area is 71.6 Å². The van der Waals surface area contributed by atoms with E-state index in [1.54, 1.807) is 6.07 Å². The molecule has 0 bridgehead atoms. The maximum absolute atomic E-state index is 8.68. The first-order valence-electron chi connectivity index (χ1n) is 3.74. The molecular formula is C9H11N3. The molecule has 0 heterocycles. The molecule has 0 saturated heterocycles. The van der Waals surface area contributed by atoms with Crippen LogP contribution in [0.5, 0.6) is 0 Å². The minimum absolute atomic E-state index is 0.386. The lowest BCUT2D eigenvalue weighted by molar-refractivity contribution is 1.02. The Kier molecular flexibility index (Phi) is 2.81. The molecule has 0 aliphatic rings. The van der Waals surface area contributed by atoms with Gasteiger partial charge in [0.25, 0.3) is 0 Å². The highest BCUT2D eigenvalue weighted by Gasteiger charge is 1.99. The van der Waals surface area contributed by atoms with Gasteiger partial charge in [-0.1, -0.05) is 12.1 Å². The number of nitriles is 1. The van der Waals surface area contributed by atoms with Crippen molar-refractivity contribution in [1.82, 2.24) is 0 Å². The van der Waals surface area contributed by atoms with E-state index in [1.165, 1.54) is 0 Å². The lowest BCUT2D eigenvalue weighted by Gasteiger charge is -2.02. The van der Waals surface area contributed by atoms with Crippen LogP contribution in [0.3, 0.4) is 0 Å². The normalized spacial score (nSPS) is 9.42. The van der Waals surface area contributed by atoms with E-state index in [0.717, 1.165) is 11.1 Å². The van der Waals surface area contributed by atoms with E-state index < -0.39 is 0 Å². The summed E-state index contributed by atoms with van der Waals surface area (Å²) < 4.78 is 0. The van der Waals surface area contributed by atoms with E-state index in [9.17, 15) is 0 Å². The number of hydrogen-bond acceptors (Lipinski definition) is 3. The van der Waals surface area contributed by atoms with E-state index in [0.29, 0.717) is 18.7 Å². The summed E-state index contributed by atoms with van der Waals surface area (Å²) in [6.07, 6.45) is 0. The van der Waals surface area contributed by atoms with Crippen LogP contribution < -0.4 is 11.5 Å². The highest BCUT2D eigenvalue weighted by atomic mass is 14.5. The molecule has 62 valence electrons. The summed E-state index contributed by atoms with van der Waals surface area (Å²) in [5.41, 5.74) is 13.4. The fraction of sp³-hybridized carbons (Fsp3) is 0.222. The van der Waals surface area contributed by atoms with E-state index in [4.69, 9.17) is 16.7 Å². The molecule has 0 atom stereocenters. The number of nitrogens with zero attached hydrogens (tertiary/aromatic N) is 1. The number of hydrogen-bond donors (Lipinski definition) is 2. The molecule has 0 amide bonds. The van der Waals surface area contributed by atoms with Crippen molar-refractivity contribution in [2.75, 3.05) is 0 Å². The molecule has 1 rings (SSSR count). The van der Waals surface area contributed by atoms with Gasteiger partial charge in [0.2, 0.25) is 0 Å². The van der Waals surface area contributed by atoms with Gasteiger partial charge in [0.05, 0.1) is 11.6 Å². The first-order chi connectivity index (χ1) is 5.81. The van der Waals surface area contributed by atoms with Gasteiger partial charge in [-0.2, -0.15) is 5.26 Å². The lowest BCUT2D eigenvalue weighted by Crippen LogP contribution is -2.03. The van der Waals surface area contributed by atoms with Crippen LogP contribution in [0.2, 0.25) is 0 Å². The van der Waals surface area contributed by atoms with Gasteiger partial charge >= 0.3 is 0 Å². The zero-order chi connectivity index (χ0) is 8.97. The molecule has 1 aromatic rings. The summed E-state index contributed by atoms with van der Waals surface area (Å²) in [4.78, 5) is 0. The van der Waals surface area contributed by atoms with Crippen molar-refractivity contribution < 1.29 is 0 Å². The third kappa shape index (κ3) is 1.62. The molecule has 0 radical (unpaired) electrons. The molecule has 12 heavy (non-hydrogen) atoms. The molecule has 0 fully saturated rings. The number of rotatable bonds is 2. The Bertz CT molecular complexity index is 312. The van der Waals surface area contributed by atoms with Crippen molar-refractivity contribution in [3.05, 3.63) is 34.9 Å². The van der Waals surface area contributed by atoms with Gasteiger partial charge in [0, 0.05) is 13.1 Å². The average Bonchev–Trinajstić information content (AvgIpc) is 2.16. The topological polar surface area (TPSA) is 75.8 Å². The van der Waals surface area contributed by atoms with Gasteiger partial charge in [-0.3, -0.25) is 0 Å². The summed E-state index contributed by atoms with van der Waals surface area (Å²) in [5, 5.41) is 8.68. The first kappa shape index (κ1) is 8.72. The Hall–Kier alpha value is -1.37. The number of nitrogens with two attached hydrogens (primary N) is 2. The van der Waals surface area contributed by atoms with Gasteiger partial charge in [-0.15, -0.1) is 0 Å². The minimum atomic E-state index is 0.386. The van der Waals surface area contributed by atoms with Crippen molar-refractivity contribution in [2.45, 2.75) is 13.1 Å². The summed E-state index contributed by atoms with van der Waals surface area (Å²) in [7, 11) is 0. The van der Waals surface area contributed by atoms with Crippen LogP contribution in [-0.4, -0.2) is 0 Å². The summed E-state index contributed by atoms with van der Waals surface area (Å²) >= 11 is 0. The fourth-order valence-electron chi connectivity index (χ4n) is 1.05. The van der Waals surface area contributed by atoms with Crippen molar-refractivity contribution in [1.29, 1.82) is 5.26 Å². The van der Waals surface area contributed by atoms with Crippen LogP contribution in [0.4, 0.5) is 0 Å². The molecule has 0 aliphatic carbocycles. The Morgan fingerprint density at radius 2 is 2.00 bits per heavy atom. The lowest BCUT2D eigenvalue weighted by atomic mass is 10.1. The van der Waals surface area contributed by atoms with Crippen LogP contribution in [0, 0.1) is 11.3 Å². The van der Waals surface area contributed by atoms with Gasteiger partial charge in [0.1, 0.15) is 0 Å². The highest BCUT2D eigenvalue weighted by Crippen LogP contribution is 2.09. The third-order valence-corrected chi connectivity index (χ3v) is 1.75. The second kappa shape index (κ2) is 3.86. The Balaban J connectivity index is 3.13. The molecule has 0 aromatic heterocycles. The van der Waals surface area contributed by atoms with Crippen molar-refractivity contribution in [2.24, 2.45) is 11.5 Å². The van der Waals surface area contributed by atoms with Crippen LogP contribution in [0.1, 0.15) is 16.7 Å². The van der Waals surface area contributed by atoms with Gasteiger partial charge < -0.3 is 11.5 Å². The van der Waals surface area contributed by atoms with Gasteiger partial charge in [0.15, 0.2) is 0 Å². The van der Waals surface area contributed by atoms with Crippen molar-refractivity contribution >= 4 is 0 Å². The average molecular weight is 161 g/mol. The molecule has 1 aromatic carbocycles. The second-order valence-electron chi connectivity index (χ2n) is 2.51. The predicted molar refractivity (Wildman–Crippen MR) is 46.9 cm³/mol. The maximum atomic E-state index is 8.68. The fourth-order valence-corrected chi connectivity index (χ4v) is 1.05. The van der Waals surface area contributed by atoms with E-state index in [-0.39, 0.29) is 0 Å². The molecule has 4 N–H and O–H groups in total. The van der Waals surface area contributed by atoms with Crippen molar-refractivity contribution in [3.8, 4) is 6.07 Å². The van der Waals surface area contributed by atoms with E-state index in [2.05, 4.69) is 6.07 Å². The molecule has 0 unspecified atom stereocenters. The largest absolute Gasteiger partial charge is 0.326 e. The Morgan fingerprint density at radius 3 is 2.50 bits per heavy atom. The maximum Gasteiger partial charge on any atom is 0.0995 e. The third-order valence-electron chi connectivity index (χ3n) is 1.75. The predicted octanol–water partition coefficient (Wildman–Crippen LogP) is 0.476. The zero-order valence-corrected chi connectivity index (χ0v) is 6.75. The second-order valence-corrected chi connectivity index (χ2v) is 2.51. The van der Waals surface area contributed by atoms with Crippen LogP contribution in [0.25, 0.3) is 0 Å². The summed E-state index contributed by atoms with van der Waals surface area (Å²) in [6.45, 7) is 0.870. The molecule has 3 heteroatoms. The monoisotopic (exact) mass is 161 g/mol. The van der Waals surface area contributed by atoms with Crippen molar-refractivity contribution in [3.63, 3.8) is 0 Å². The molecular weight excluding hydrogens is 150 g/mol. The summed E-state index contributed by atoms with van der Waals surface area (Å²) in [5.74, 6) is 0. The van der Waals surface area contributed by atoms with Gasteiger partial charge in [-0.05, 0) is 17.2 Å². The zero-order valence-electron chi connectivity index (χ0n) is 6.75. The first-order valence-corrected chi connectivity index (χ1v) is 3.74. The van der Waals surface area contributed by atoms with E-state index in [1.807, 2.05) is 12.1 Å². The number of benzene rings is 1. The van der Waals surface area contributed by atoms with Crippen LogP contribution in [-0.2, 0) is 13.1 Å². The smallest absolute Gasteiger partial charge is 0.0995 e. The van der Waals surface area contributed by atoms with Crippen LogP contribution in [0.15, 0.2) is 18.2 Å². The molecule has 0 aliphatic heterocycles. The summed E-state index contributed by atoms with van der Waals surface area (Å²) in [6, 6.07) is 7.55.